The molecule has 0 radical (unpaired) electrons. The third kappa shape index (κ3) is 11.2. The monoisotopic (exact) mass is 950 g/mol. The van der Waals surface area contributed by atoms with E-state index in [1.807, 2.05) is 6.92 Å². The van der Waals surface area contributed by atoms with Crippen molar-refractivity contribution < 1.29 is 89.2 Å². The van der Waals surface area contributed by atoms with Gasteiger partial charge in [0.15, 0.2) is 34.9 Å². The molecule has 0 bridgehead atoms. The number of benzene rings is 6. The SMILES string of the molecule is CC(CCCOc1ccc(-c2cc(F)c(C(F)(F)Oc3cc(F)c(F)c(F)c3)c(F)c2)c(F)c1)CCCOc1ccc(-c2cc(F)c(C(F)(F)Oc3cc(F)c(F)c(F)c3)c(F)c2)c(F)c1. The van der Waals surface area contributed by atoms with Crippen molar-refractivity contribution in [1.29, 1.82) is 0 Å². The molecule has 350 valence electrons. The molecule has 20 heteroatoms. The average Bonchev–Trinajstić information content (AvgIpc) is 3.21. The molecule has 0 heterocycles. The van der Waals surface area contributed by atoms with Crippen LogP contribution in [-0.4, -0.2) is 13.2 Å². The third-order valence-corrected chi connectivity index (χ3v) is 9.80. The van der Waals surface area contributed by atoms with Gasteiger partial charge in [-0.15, -0.1) is 0 Å². The molecule has 6 aromatic rings. The molecule has 0 fully saturated rings. The van der Waals surface area contributed by atoms with Gasteiger partial charge in [0, 0.05) is 47.5 Å². The van der Waals surface area contributed by atoms with E-state index in [0.29, 0.717) is 49.9 Å². The van der Waals surface area contributed by atoms with E-state index in [-0.39, 0.29) is 54.9 Å². The van der Waals surface area contributed by atoms with Gasteiger partial charge in [0.2, 0.25) is 0 Å². The summed E-state index contributed by atoms with van der Waals surface area (Å²) in [5.41, 5.74) is -5.69. The van der Waals surface area contributed by atoms with Gasteiger partial charge in [-0.2, -0.15) is 17.6 Å². The maximum absolute atomic E-state index is 15.0. The van der Waals surface area contributed by atoms with Gasteiger partial charge in [0.25, 0.3) is 0 Å². The van der Waals surface area contributed by atoms with E-state index in [0.717, 1.165) is 24.3 Å². The second kappa shape index (κ2) is 19.9. The zero-order chi connectivity index (χ0) is 48.2. The predicted molar refractivity (Wildman–Crippen MR) is 204 cm³/mol. The summed E-state index contributed by atoms with van der Waals surface area (Å²) < 4.78 is 248. The number of ether oxygens (including phenoxy) is 4. The smallest absolute Gasteiger partial charge is 0.432 e. The van der Waals surface area contributed by atoms with E-state index in [1.54, 1.807) is 0 Å². The molecular formula is C46H30F16O4. The Bertz CT molecular complexity index is 2470. The summed E-state index contributed by atoms with van der Waals surface area (Å²) in [5, 5.41) is 0. The van der Waals surface area contributed by atoms with Crippen molar-refractivity contribution in [2.24, 2.45) is 5.92 Å². The lowest BCUT2D eigenvalue weighted by Gasteiger charge is -2.20. The van der Waals surface area contributed by atoms with E-state index < -0.39 is 127 Å². The average molecular weight is 951 g/mol. The molecule has 0 unspecified atom stereocenters. The van der Waals surface area contributed by atoms with Gasteiger partial charge in [-0.3, -0.25) is 0 Å². The number of alkyl halides is 4. The molecule has 0 N–H and O–H groups in total. The van der Waals surface area contributed by atoms with Gasteiger partial charge in [0.1, 0.15) is 69.0 Å². The molecule has 0 amide bonds. The molecule has 0 aromatic heterocycles. The molecule has 4 nitrogen and oxygen atoms in total. The van der Waals surface area contributed by atoms with E-state index in [2.05, 4.69) is 9.47 Å². The Morgan fingerprint density at radius 1 is 0.394 bits per heavy atom. The fourth-order valence-corrected chi connectivity index (χ4v) is 6.62. The van der Waals surface area contributed by atoms with Crippen molar-refractivity contribution in [3.63, 3.8) is 0 Å². The molecule has 0 spiro atoms. The summed E-state index contributed by atoms with van der Waals surface area (Å²) in [4.78, 5) is 0. The van der Waals surface area contributed by atoms with Gasteiger partial charge in [0.05, 0.1) is 13.2 Å². The molecule has 6 rings (SSSR count). The van der Waals surface area contributed by atoms with Gasteiger partial charge in [-0.25, -0.2) is 52.7 Å². The molecule has 0 aliphatic carbocycles. The highest BCUT2D eigenvalue weighted by Gasteiger charge is 2.43. The van der Waals surface area contributed by atoms with Crippen molar-refractivity contribution in [2.75, 3.05) is 13.2 Å². The Hall–Kier alpha value is -6.60. The predicted octanol–water partition coefficient (Wildman–Crippen LogP) is 14.6. The Labute approximate surface area is 363 Å². The number of rotatable bonds is 18. The summed E-state index contributed by atoms with van der Waals surface area (Å²) in [6.45, 7) is 2.15. The number of hydrogen-bond acceptors (Lipinski definition) is 4. The Kier molecular flexibility index (Phi) is 14.7. The van der Waals surface area contributed by atoms with Crippen LogP contribution in [0.2, 0.25) is 0 Å². The van der Waals surface area contributed by atoms with Crippen molar-refractivity contribution in [3.05, 3.63) is 166 Å². The highest BCUT2D eigenvalue weighted by Crippen LogP contribution is 2.40. The van der Waals surface area contributed by atoms with E-state index in [1.165, 1.54) is 12.1 Å². The van der Waals surface area contributed by atoms with E-state index >= 15 is 8.78 Å². The fraction of sp³-hybridized carbons (Fsp3) is 0.217. The zero-order valence-electron chi connectivity index (χ0n) is 33.6. The second-order valence-electron chi connectivity index (χ2n) is 14.6. The molecule has 0 saturated carbocycles. The topological polar surface area (TPSA) is 36.9 Å². The molecule has 0 aliphatic rings. The molecule has 0 atom stereocenters. The quantitative estimate of drug-likeness (QED) is 0.0489. The van der Waals surface area contributed by atoms with Crippen LogP contribution in [0.4, 0.5) is 70.2 Å². The van der Waals surface area contributed by atoms with Crippen LogP contribution in [0.1, 0.15) is 43.7 Å². The maximum Gasteiger partial charge on any atom is 0.432 e. The van der Waals surface area contributed by atoms with Crippen molar-refractivity contribution in [3.8, 4) is 45.3 Å². The van der Waals surface area contributed by atoms with Crippen molar-refractivity contribution >= 4 is 0 Å². The first kappa shape index (κ1) is 48.8. The van der Waals surface area contributed by atoms with Gasteiger partial charge >= 0.3 is 12.2 Å². The highest BCUT2D eigenvalue weighted by molar-refractivity contribution is 5.67. The van der Waals surface area contributed by atoms with Crippen molar-refractivity contribution in [1.82, 2.24) is 0 Å². The molecule has 6 aromatic carbocycles. The normalized spacial score (nSPS) is 11.9. The Morgan fingerprint density at radius 3 is 1.00 bits per heavy atom. The lowest BCUT2D eigenvalue weighted by molar-refractivity contribution is -0.190. The summed E-state index contributed by atoms with van der Waals surface area (Å²) >= 11 is 0. The minimum absolute atomic E-state index is 0.0337. The van der Waals surface area contributed by atoms with Crippen LogP contribution < -0.4 is 18.9 Å². The summed E-state index contributed by atoms with van der Waals surface area (Å²) in [7, 11) is 0. The molecule has 0 saturated heterocycles. The van der Waals surface area contributed by atoms with Crippen LogP contribution in [0.5, 0.6) is 23.0 Å². The van der Waals surface area contributed by atoms with Crippen LogP contribution in [0.3, 0.4) is 0 Å². The van der Waals surface area contributed by atoms with Crippen molar-refractivity contribution in [2.45, 2.75) is 44.8 Å². The Morgan fingerprint density at radius 2 is 0.697 bits per heavy atom. The van der Waals surface area contributed by atoms with Crippen LogP contribution in [0.25, 0.3) is 22.3 Å². The minimum Gasteiger partial charge on any atom is -0.493 e. The van der Waals surface area contributed by atoms with Gasteiger partial charge in [-0.1, -0.05) is 6.92 Å². The highest BCUT2D eigenvalue weighted by atomic mass is 19.3. The van der Waals surface area contributed by atoms with E-state index in [9.17, 15) is 61.5 Å². The first-order valence-corrected chi connectivity index (χ1v) is 19.3. The van der Waals surface area contributed by atoms with Crippen LogP contribution >= 0.6 is 0 Å². The van der Waals surface area contributed by atoms with Gasteiger partial charge in [-0.05, 0) is 91.3 Å². The van der Waals surface area contributed by atoms with Crippen LogP contribution in [0.15, 0.2) is 84.9 Å². The third-order valence-electron chi connectivity index (χ3n) is 9.80. The summed E-state index contributed by atoms with van der Waals surface area (Å²) in [5.74, 6) is -23.5. The van der Waals surface area contributed by atoms with E-state index in [4.69, 9.17) is 9.47 Å². The first-order valence-electron chi connectivity index (χ1n) is 19.3. The fourth-order valence-electron chi connectivity index (χ4n) is 6.62. The number of hydrogen-bond donors (Lipinski definition) is 0. The minimum atomic E-state index is -4.84. The lowest BCUT2D eigenvalue weighted by atomic mass is 10.0. The van der Waals surface area contributed by atoms with Crippen LogP contribution in [0, 0.1) is 75.7 Å². The zero-order valence-corrected chi connectivity index (χ0v) is 33.6. The largest absolute Gasteiger partial charge is 0.493 e. The summed E-state index contributed by atoms with van der Waals surface area (Å²) in [6.07, 6.45) is -7.44. The second-order valence-corrected chi connectivity index (χ2v) is 14.6. The lowest BCUT2D eigenvalue weighted by Crippen LogP contribution is -2.25. The maximum atomic E-state index is 15.0. The molecule has 0 aliphatic heterocycles. The molecular weight excluding hydrogens is 920 g/mol. The number of halogens is 16. The molecule has 66 heavy (non-hydrogen) atoms. The van der Waals surface area contributed by atoms with Gasteiger partial charge < -0.3 is 18.9 Å². The standard InChI is InChI=1S/C46H30F16O4/c1-22(4-2-10-63-25-6-8-29(31(47)16-25)23-12-33(49)41(34(50)13-23)45(59,60)65-27-18-37(53)43(57)38(54)19-27)5-3-11-64-26-7-9-30(32(48)17-26)24-14-35(51)42(36(52)15-24)46(61,62)66-28-20-39(55)44(58)40(56)21-28/h6-9,12-22H,2-5,10-11H2,1H3. The first-order chi connectivity index (χ1) is 31.0. The summed E-state index contributed by atoms with van der Waals surface area (Å²) in [6, 6.07) is 8.29. The van der Waals surface area contributed by atoms with Crippen LogP contribution in [-0.2, 0) is 12.2 Å². The Balaban J connectivity index is 0.952.